The molecule has 1 atom stereocenters. The van der Waals surface area contributed by atoms with Crippen LogP contribution in [0.5, 0.6) is 0 Å². The minimum atomic E-state index is -0.163. The molecule has 1 aliphatic rings. The summed E-state index contributed by atoms with van der Waals surface area (Å²) < 4.78 is 13.5. The lowest BCUT2D eigenvalue weighted by molar-refractivity contribution is 0.579. The molecule has 0 aromatic heterocycles. The fourth-order valence-electron chi connectivity index (χ4n) is 1.64. The van der Waals surface area contributed by atoms with Gasteiger partial charge >= 0.3 is 0 Å². The zero-order valence-corrected chi connectivity index (χ0v) is 10.1. The first-order valence-electron chi connectivity index (χ1n) is 5.45. The molecule has 1 aromatic rings. The summed E-state index contributed by atoms with van der Waals surface area (Å²) in [7, 11) is 0. The van der Waals surface area contributed by atoms with Gasteiger partial charge in [-0.25, -0.2) is 4.39 Å². The third-order valence-corrected chi connectivity index (χ3v) is 3.52. The summed E-state index contributed by atoms with van der Waals surface area (Å²) in [4.78, 5) is 4.37. The van der Waals surface area contributed by atoms with Crippen LogP contribution in [0.4, 0.5) is 4.39 Å². The number of nitrogens with one attached hydrogen (secondary N) is 1. The van der Waals surface area contributed by atoms with E-state index in [4.69, 9.17) is 0 Å². The Kier molecular flexibility index (Phi) is 3.83. The van der Waals surface area contributed by atoms with Crippen molar-refractivity contribution in [2.75, 3.05) is 12.3 Å². The zero-order valence-electron chi connectivity index (χ0n) is 9.24. The second-order valence-corrected chi connectivity index (χ2v) is 4.86. The highest BCUT2D eigenvalue weighted by Crippen LogP contribution is 2.19. The molecule has 2 rings (SSSR count). The second kappa shape index (κ2) is 5.34. The van der Waals surface area contributed by atoms with Crippen molar-refractivity contribution in [2.24, 2.45) is 4.99 Å². The number of hydrogen-bond donors (Lipinski definition) is 1. The highest BCUT2D eigenvalue weighted by Gasteiger charge is 2.13. The summed E-state index contributed by atoms with van der Waals surface area (Å²) in [6, 6.07) is 6.82. The lowest BCUT2D eigenvalue weighted by Gasteiger charge is -2.19. The van der Waals surface area contributed by atoms with Gasteiger partial charge in [-0.1, -0.05) is 30.0 Å². The van der Waals surface area contributed by atoms with E-state index in [-0.39, 0.29) is 11.9 Å². The van der Waals surface area contributed by atoms with E-state index in [0.29, 0.717) is 5.56 Å². The van der Waals surface area contributed by atoms with Crippen molar-refractivity contribution in [3.8, 4) is 0 Å². The molecular formula is C12H15FN2S. The van der Waals surface area contributed by atoms with E-state index >= 15 is 0 Å². The Labute approximate surface area is 99.3 Å². The standard InChI is InChI=1S/C12H15FN2S/c1-9(10-5-2-3-6-11(10)13)15-12-14-7-4-8-16-12/h2-3,5-6,9H,4,7-8H2,1H3,(H,14,15). The summed E-state index contributed by atoms with van der Waals surface area (Å²) in [5.74, 6) is 0.930. The topological polar surface area (TPSA) is 24.4 Å². The average molecular weight is 238 g/mol. The van der Waals surface area contributed by atoms with Gasteiger partial charge in [0.1, 0.15) is 5.82 Å². The van der Waals surface area contributed by atoms with Gasteiger partial charge in [-0.05, 0) is 19.4 Å². The highest BCUT2D eigenvalue weighted by atomic mass is 32.2. The molecule has 0 spiro atoms. The number of aliphatic imine (C=N–C) groups is 1. The van der Waals surface area contributed by atoms with E-state index in [1.54, 1.807) is 23.9 Å². The summed E-state index contributed by atoms with van der Waals surface area (Å²) in [5, 5.41) is 4.18. The SMILES string of the molecule is CC(NC1=NCCCS1)c1ccccc1F. The molecule has 1 unspecified atom stereocenters. The van der Waals surface area contributed by atoms with Crippen molar-refractivity contribution in [1.29, 1.82) is 0 Å². The maximum atomic E-state index is 13.5. The Morgan fingerprint density at radius 3 is 2.94 bits per heavy atom. The van der Waals surface area contributed by atoms with Gasteiger partial charge in [0.25, 0.3) is 0 Å². The summed E-state index contributed by atoms with van der Waals surface area (Å²) in [5.41, 5.74) is 0.691. The fourth-order valence-corrected chi connectivity index (χ4v) is 2.55. The van der Waals surface area contributed by atoms with Gasteiger partial charge in [-0.2, -0.15) is 0 Å². The zero-order chi connectivity index (χ0) is 11.4. The van der Waals surface area contributed by atoms with Crippen LogP contribution in [0.25, 0.3) is 0 Å². The van der Waals surface area contributed by atoms with Crippen LogP contribution in [0.1, 0.15) is 24.9 Å². The van der Waals surface area contributed by atoms with E-state index in [9.17, 15) is 4.39 Å². The van der Waals surface area contributed by atoms with Crippen LogP contribution in [-0.2, 0) is 0 Å². The molecular weight excluding hydrogens is 223 g/mol. The molecule has 0 saturated carbocycles. The lowest BCUT2D eigenvalue weighted by Crippen LogP contribution is -2.27. The van der Waals surface area contributed by atoms with Crippen LogP contribution in [-0.4, -0.2) is 17.5 Å². The normalized spacial score (nSPS) is 17.8. The van der Waals surface area contributed by atoms with Crippen molar-refractivity contribution in [3.63, 3.8) is 0 Å². The number of rotatable bonds is 2. The van der Waals surface area contributed by atoms with Crippen LogP contribution in [0.3, 0.4) is 0 Å². The molecule has 0 fully saturated rings. The summed E-state index contributed by atoms with van der Waals surface area (Å²) in [6.07, 6.45) is 1.13. The molecule has 1 N–H and O–H groups in total. The number of nitrogens with zero attached hydrogens (tertiary/aromatic N) is 1. The van der Waals surface area contributed by atoms with E-state index in [1.807, 2.05) is 13.0 Å². The Morgan fingerprint density at radius 1 is 1.44 bits per heavy atom. The predicted molar refractivity (Wildman–Crippen MR) is 67.3 cm³/mol. The summed E-state index contributed by atoms with van der Waals surface area (Å²) >= 11 is 1.71. The van der Waals surface area contributed by atoms with Crippen molar-refractivity contribution in [3.05, 3.63) is 35.6 Å². The Bertz CT molecular complexity index is 392. The molecule has 0 radical (unpaired) electrons. The minimum Gasteiger partial charge on any atom is -0.358 e. The smallest absolute Gasteiger partial charge is 0.157 e. The molecule has 0 aliphatic carbocycles. The molecule has 1 aromatic carbocycles. The molecule has 0 amide bonds. The number of benzene rings is 1. The van der Waals surface area contributed by atoms with Crippen LogP contribution >= 0.6 is 11.8 Å². The maximum absolute atomic E-state index is 13.5. The number of halogens is 1. The molecule has 4 heteroatoms. The number of thioether (sulfide) groups is 1. The van der Waals surface area contributed by atoms with Gasteiger partial charge < -0.3 is 5.32 Å². The Hall–Kier alpha value is -1.03. The minimum absolute atomic E-state index is 0.0365. The second-order valence-electron chi connectivity index (χ2n) is 3.78. The molecule has 0 bridgehead atoms. The van der Waals surface area contributed by atoms with Crippen LogP contribution in [0.2, 0.25) is 0 Å². The van der Waals surface area contributed by atoms with E-state index in [2.05, 4.69) is 10.3 Å². The molecule has 0 saturated heterocycles. The average Bonchev–Trinajstić information content (AvgIpc) is 2.31. The monoisotopic (exact) mass is 238 g/mol. The van der Waals surface area contributed by atoms with Crippen LogP contribution in [0, 0.1) is 5.82 Å². The van der Waals surface area contributed by atoms with E-state index < -0.39 is 0 Å². The van der Waals surface area contributed by atoms with Gasteiger partial charge in [-0.15, -0.1) is 0 Å². The fraction of sp³-hybridized carbons (Fsp3) is 0.417. The van der Waals surface area contributed by atoms with Gasteiger partial charge in [-0.3, -0.25) is 4.99 Å². The van der Waals surface area contributed by atoms with Crippen molar-refractivity contribution in [1.82, 2.24) is 5.32 Å². The van der Waals surface area contributed by atoms with E-state index in [0.717, 1.165) is 23.9 Å². The van der Waals surface area contributed by atoms with Crippen molar-refractivity contribution in [2.45, 2.75) is 19.4 Å². The third kappa shape index (κ3) is 2.76. The van der Waals surface area contributed by atoms with Crippen molar-refractivity contribution >= 4 is 16.9 Å². The third-order valence-electron chi connectivity index (χ3n) is 2.51. The number of hydrogen-bond acceptors (Lipinski definition) is 3. The van der Waals surface area contributed by atoms with Gasteiger partial charge in [0, 0.05) is 17.9 Å². The molecule has 1 aliphatic heterocycles. The lowest BCUT2D eigenvalue weighted by atomic mass is 10.1. The van der Waals surface area contributed by atoms with Crippen LogP contribution < -0.4 is 5.32 Å². The van der Waals surface area contributed by atoms with Crippen LogP contribution in [0.15, 0.2) is 29.3 Å². The predicted octanol–water partition coefficient (Wildman–Crippen LogP) is 2.97. The van der Waals surface area contributed by atoms with Gasteiger partial charge in [0.2, 0.25) is 0 Å². The first-order valence-corrected chi connectivity index (χ1v) is 6.44. The first-order chi connectivity index (χ1) is 7.77. The number of amidine groups is 1. The quantitative estimate of drug-likeness (QED) is 0.856. The molecule has 1 heterocycles. The van der Waals surface area contributed by atoms with Gasteiger partial charge in [0.15, 0.2) is 5.17 Å². The first kappa shape index (κ1) is 11.5. The molecule has 2 nitrogen and oxygen atoms in total. The molecule has 16 heavy (non-hydrogen) atoms. The largest absolute Gasteiger partial charge is 0.358 e. The maximum Gasteiger partial charge on any atom is 0.157 e. The van der Waals surface area contributed by atoms with Crippen molar-refractivity contribution < 1.29 is 4.39 Å². The van der Waals surface area contributed by atoms with Gasteiger partial charge in [0.05, 0.1) is 6.04 Å². The Morgan fingerprint density at radius 2 is 2.25 bits per heavy atom. The van der Waals surface area contributed by atoms with E-state index in [1.165, 1.54) is 6.07 Å². The summed E-state index contributed by atoms with van der Waals surface area (Å²) in [6.45, 7) is 2.83. The highest BCUT2D eigenvalue weighted by molar-refractivity contribution is 8.13. The molecule has 86 valence electrons. The Balaban J connectivity index is 2.05.